The second kappa shape index (κ2) is 20.9. The molecule has 1 N–H and O–H groups in total. The van der Waals surface area contributed by atoms with Crippen molar-refractivity contribution in [3.8, 4) is 33.6 Å². The molecule has 3 heterocycles. The Morgan fingerprint density at radius 3 is 1.87 bits per heavy atom. The van der Waals surface area contributed by atoms with E-state index in [9.17, 15) is 14.4 Å². The molecule has 0 spiro atoms. The summed E-state index contributed by atoms with van der Waals surface area (Å²) in [7, 11) is 1.77. The van der Waals surface area contributed by atoms with Crippen LogP contribution in [-0.4, -0.2) is 66.1 Å². The third kappa shape index (κ3) is 9.83. The highest BCUT2D eigenvalue weighted by Crippen LogP contribution is 2.46. The Kier molecular flexibility index (Phi) is 14.1. The van der Waals surface area contributed by atoms with Gasteiger partial charge in [-0.15, -0.1) is 0 Å². The zero-order valence-electron chi connectivity index (χ0n) is 40.9. The smallest absolute Gasteiger partial charge is 0.355 e. The Hall–Kier alpha value is -6.43. The molecule has 364 valence electrons. The Labute approximate surface area is 410 Å². The number of para-hydroxylation sites is 2. The van der Waals surface area contributed by atoms with Gasteiger partial charge in [-0.1, -0.05) is 79.2 Å². The molecule has 3 aliphatic rings. The SMILES string of the molecule is CCOC(=O)c1c(-c2ccc(C3CC(Cn4c(C(=O)OCC)c(-c5ccc(-c6ccco6)cc5)c5ccccc54)CC(OC)C3)c(NC(C)=O)c2)c2ccccc2n1CC1CCCC(OCC2CC2)C1. The molecule has 5 atom stereocenters. The number of carbonyl (C=O) groups is 3. The van der Waals surface area contributed by atoms with Gasteiger partial charge in [0.05, 0.1) is 31.7 Å². The molecule has 3 saturated carbocycles. The van der Waals surface area contributed by atoms with Crippen molar-refractivity contribution in [2.75, 3.05) is 32.2 Å². The first kappa shape index (κ1) is 47.3. The van der Waals surface area contributed by atoms with Crippen LogP contribution in [0.15, 0.2) is 114 Å². The van der Waals surface area contributed by atoms with E-state index >= 15 is 0 Å². The number of fused-ring (bicyclic) bond motifs is 2. The summed E-state index contributed by atoms with van der Waals surface area (Å²) in [4.78, 5) is 41.6. The van der Waals surface area contributed by atoms with Crippen LogP contribution < -0.4 is 5.32 Å². The molecular weight excluding hydrogens is 879 g/mol. The molecule has 0 saturated heterocycles. The summed E-state index contributed by atoms with van der Waals surface area (Å²) >= 11 is 0. The van der Waals surface area contributed by atoms with Crippen molar-refractivity contribution in [2.45, 2.75) is 110 Å². The maximum atomic E-state index is 14.3. The number of aromatic nitrogens is 2. The minimum Gasteiger partial charge on any atom is -0.464 e. The van der Waals surface area contributed by atoms with E-state index in [-0.39, 0.29) is 55.1 Å². The van der Waals surface area contributed by atoms with Crippen LogP contribution in [0, 0.1) is 17.8 Å². The van der Waals surface area contributed by atoms with Gasteiger partial charge in [-0.3, -0.25) is 4.79 Å². The lowest BCUT2D eigenvalue weighted by Gasteiger charge is -2.36. The lowest BCUT2D eigenvalue weighted by atomic mass is 9.75. The summed E-state index contributed by atoms with van der Waals surface area (Å²) in [6.45, 7) is 7.81. The molecule has 0 radical (unpaired) electrons. The maximum Gasteiger partial charge on any atom is 0.355 e. The third-order valence-corrected chi connectivity index (χ3v) is 14.9. The van der Waals surface area contributed by atoms with E-state index in [1.165, 1.54) is 19.8 Å². The summed E-state index contributed by atoms with van der Waals surface area (Å²) in [5.74, 6) is 1.04. The highest BCUT2D eigenvalue weighted by Gasteiger charge is 2.35. The molecule has 70 heavy (non-hydrogen) atoms. The molecule has 3 fully saturated rings. The van der Waals surface area contributed by atoms with E-state index in [1.54, 1.807) is 13.4 Å². The summed E-state index contributed by atoms with van der Waals surface area (Å²) in [5, 5.41) is 5.15. The van der Waals surface area contributed by atoms with Crippen LogP contribution in [-0.2, 0) is 36.8 Å². The lowest BCUT2D eigenvalue weighted by Crippen LogP contribution is -2.30. The average molecular weight is 944 g/mol. The van der Waals surface area contributed by atoms with E-state index in [0.717, 1.165) is 118 Å². The van der Waals surface area contributed by atoms with Gasteiger partial charge in [0.25, 0.3) is 0 Å². The molecule has 4 aromatic carbocycles. The quantitative estimate of drug-likeness (QED) is 0.0896. The number of methoxy groups -OCH3 is 1. The van der Waals surface area contributed by atoms with Crippen LogP contribution in [0.3, 0.4) is 0 Å². The zero-order valence-corrected chi connectivity index (χ0v) is 40.9. The van der Waals surface area contributed by atoms with Crippen LogP contribution >= 0.6 is 0 Å². The average Bonchev–Trinajstić information content (AvgIpc) is 3.77. The van der Waals surface area contributed by atoms with E-state index < -0.39 is 0 Å². The van der Waals surface area contributed by atoms with Crippen LogP contribution in [0.2, 0.25) is 0 Å². The molecular formula is C59H65N3O8. The van der Waals surface area contributed by atoms with E-state index in [4.69, 9.17) is 23.4 Å². The molecule has 0 aliphatic heterocycles. The predicted octanol–water partition coefficient (Wildman–Crippen LogP) is 13.1. The first-order valence-corrected chi connectivity index (χ1v) is 25.5. The van der Waals surface area contributed by atoms with Crippen molar-refractivity contribution in [1.82, 2.24) is 9.13 Å². The van der Waals surface area contributed by atoms with Crippen molar-refractivity contribution < 1.29 is 37.7 Å². The van der Waals surface area contributed by atoms with Crippen LogP contribution in [0.4, 0.5) is 5.69 Å². The molecule has 5 unspecified atom stereocenters. The highest BCUT2D eigenvalue weighted by atomic mass is 16.5. The van der Waals surface area contributed by atoms with Crippen molar-refractivity contribution in [3.63, 3.8) is 0 Å². The lowest BCUT2D eigenvalue weighted by molar-refractivity contribution is -0.114. The molecule has 7 aromatic rings. The Morgan fingerprint density at radius 2 is 1.26 bits per heavy atom. The number of rotatable bonds is 17. The number of furan rings is 1. The van der Waals surface area contributed by atoms with Gasteiger partial charge < -0.3 is 37.8 Å². The van der Waals surface area contributed by atoms with Crippen LogP contribution in [0.25, 0.3) is 55.4 Å². The van der Waals surface area contributed by atoms with Crippen molar-refractivity contribution >= 4 is 45.3 Å². The minimum absolute atomic E-state index is 0.00772. The third-order valence-electron chi connectivity index (χ3n) is 14.9. The normalized spacial score (nSPS) is 20.4. The summed E-state index contributed by atoms with van der Waals surface area (Å²) in [5.41, 5.74) is 9.04. The van der Waals surface area contributed by atoms with Gasteiger partial charge in [0, 0.05) is 77.9 Å². The largest absolute Gasteiger partial charge is 0.464 e. The Morgan fingerprint density at radius 1 is 0.643 bits per heavy atom. The predicted molar refractivity (Wildman–Crippen MR) is 274 cm³/mol. The standard InChI is InChI=1S/C59H65N3O8/c1-5-67-58(64)56-54(42-24-22-41(23-25-42)53-19-12-28-69-53)48-15-7-9-17-51(48)62(56)35-40-29-44(32-46(31-40)66-4)47-27-26-43(33-50(47)60-37(3)63)55-49-16-8-10-18-52(49)61(57(55)59(65)68-6-2)34-39-13-11-14-45(30-39)70-36-38-20-21-38/h7-10,12,15-19,22-28,33,38-40,44-46H,5-6,11,13-14,20-21,29-32,34-36H2,1-4H3,(H,60,63). The van der Waals surface area contributed by atoms with Gasteiger partial charge in [0.2, 0.25) is 5.91 Å². The second-order valence-corrected chi connectivity index (χ2v) is 19.7. The summed E-state index contributed by atoms with van der Waals surface area (Å²) in [6.07, 6.45) is 10.9. The maximum absolute atomic E-state index is 14.3. The van der Waals surface area contributed by atoms with E-state index in [0.29, 0.717) is 36.1 Å². The monoisotopic (exact) mass is 943 g/mol. The molecule has 10 rings (SSSR count). The van der Waals surface area contributed by atoms with Gasteiger partial charge >= 0.3 is 11.9 Å². The fourth-order valence-corrected chi connectivity index (χ4v) is 11.6. The summed E-state index contributed by atoms with van der Waals surface area (Å²) in [6, 6.07) is 34.6. The first-order chi connectivity index (χ1) is 34.2. The topological polar surface area (TPSA) is 123 Å². The molecule has 0 bridgehead atoms. The van der Waals surface area contributed by atoms with Gasteiger partial charge in [0.1, 0.15) is 17.1 Å². The number of esters is 2. The second-order valence-electron chi connectivity index (χ2n) is 19.7. The van der Waals surface area contributed by atoms with Gasteiger partial charge in [0.15, 0.2) is 0 Å². The van der Waals surface area contributed by atoms with Crippen molar-refractivity contribution in [1.29, 1.82) is 0 Å². The Balaban J connectivity index is 1.00. The fraction of sp³-hybridized carbons (Fsp3) is 0.407. The molecule has 3 aliphatic carbocycles. The number of hydrogen-bond donors (Lipinski definition) is 1. The van der Waals surface area contributed by atoms with Crippen LogP contribution in [0.5, 0.6) is 0 Å². The minimum atomic E-state index is -0.368. The number of anilines is 1. The fourth-order valence-electron chi connectivity index (χ4n) is 11.6. The first-order valence-electron chi connectivity index (χ1n) is 25.5. The zero-order chi connectivity index (χ0) is 48.3. The summed E-state index contributed by atoms with van der Waals surface area (Å²) < 4.78 is 34.3. The van der Waals surface area contributed by atoms with Crippen molar-refractivity contribution in [3.05, 3.63) is 126 Å². The highest BCUT2D eigenvalue weighted by molar-refractivity contribution is 6.10. The van der Waals surface area contributed by atoms with Crippen molar-refractivity contribution in [2.24, 2.45) is 17.8 Å². The number of amides is 1. The number of nitrogens with one attached hydrogen (secondary N) is 1. The number of nitrogens with zero attached hydrogens (tertiary/aromatic N) is 2. The molecule has 11 heteroatoms. The molecule has 3 aromatic heterocycles. The number of hydrogen-bond acceptors (Lipinski definition) is 8. The van der Waals surface area contributed by atoms with Gasteiger partial charge in [-0.2, -0.15) is 0 Å². The van der Waals surface area contributed by atoms with Crippen LogP contribution in [0.1, 0.15) is 111 Å². The van der Waals surface area contributed by atoms with Gasteiger partial charge in [-0.25, -0.2) is 9.59 Å². The van der Waals surface area contributed by atoms with E-state index in [1.807, 2.05) is 80.6 Å². The Bertz CT molecular complexity index is 2980. The van der Waals surface area contributed by atoms with Gasteiger partial charge in [-0.05, 0) is 136 Å². The number of carbonyl (C=O) groups excluding carboxylic acids is 3. The number of benzene rings is 4. The number of ether oxygens (including phenoxy) is 4. The van der Waals surface area contributed by atoms with E-state index in [2.05, 4.69) is 50.8 Å². The molecule has 1 amide bonds. The molecule has 11 nitrogen and oxygen atoms in total.